The van der Waals surface area contributed by atoms with Crippen LogP contribution >= 0.6 is 0 Å². The molecule has 0 atom stereocenters. The number of ketones is 1. The number of hydrazine groups is 1. The molecule has 1 amide bonds. The Balaban J connectivity index is 1.56. The highest BCUT2D eigenvalue weighted by atomic mass is 16.6. The molecule has 0 bridgehead atoms. The third-order valence-corrected chi connectivity index (χ3v) is 8.26. The molecule has 0 radical (unpaired) electrons. The van der Waals surface area contributed by atoms with Crippen molar-refractivity contribution in [3.63, 3.8) is 0 Å². The van der Waals surface area contributed by atoms with E-state index in [2.05, 4.69) is 43.3 Å². The zero-order valence-electron chi connectivity index (χ0n) is 29.8. The van der Waals surface area contributed by atoms with Crippen LogP contribution < -0.4 is 20.2 Å². The summed E-state index contributed by atoms with van der Waals surface area (Å²) in [5.41, 5.74) is 8.72. The van der Waals surface area contributed by atoms with Crippen molar-refractivity contribution in [2.45, 2.75) is 66.2 Å². The van der Waals surface area contributed by atoms with Gasteiger partial charge >= 0.3 is 6.09 Å². The van der Waals surface area contributed by atoms with Crippen LogP contribution in [0.3, 0.4) is 0 Å². The van der Waals surface area contributed by atoms with Crippen LogP contribution in [0.2, 0.25) is 0 Å². The van der Waals surface area contributed by atoms with Crippen LogP contribution in [-0.4, -0.2) is 55.7 Å². The van der Waals surface area contributed by atoms with E-state index in [1.807, 2.05) is 58.0 Å². The van der Waals surface area contributed by atoms with Gasteiger partial charge in [0.25, 0.3) is 0 Å². The number of nitrogens with zero attached hydrogens (tertiary/aromatic N) is 2. The van der Waals surface area contributed by atoms with Crippen molar-refractivity contribution in [3.05, 3.63) is 100 Å². The van der Waals surface area contributed by atoms with Crippen molar-refractivity contribution in [2.75, 3.05) is 38.7 Å². The molecule has 49 heavy (non-hydrogen) atoms. The van der Waals surface area contributed by atoms with Gasteiger partial charge in [0.1, 0.15) is 24.2 Å². The normalized spacial score (nSPS) is 11.3. The van der Waals surface area contributed by atoms with Gasteiger partial charge in [0.15, 0.2) is 5.78 Å². The highest BCUT2D eigenvalue weighted by molar-refractivity contribution is 5.99. The lowest BCUT2D eigenvalue weighted by molar-refractivity contribution is -0.111. The average Bonchev–Trinajstić information content (AvgIpc) is 3.06. The van der Waals surface area contributed by atoms with E-state index in [-0.39, 0.29) is 24.9 Å². The topological polar surface area (TPSA) is 133 Å². The zero-order chi connectivity index (χ0) is 36.1. The molecule has 10 nitrogen and oxygen atoms in total. The number of amides is 1. The van der Waals surface area contributed by atoms with E-state index in [0.29, 0.717) is 55.0 Å². The van der Waals surface area contributed by atoms with Crippen molar-refractivity contribution in [1.82, 2.24) is 10.6 Å². The molecule has 3 rings (SSSR count). The fraction of sp³-hybridized carbons (Fsp3) is 0.410. The first-order valence-corrected chi connectivity index (χ1v) is 16.6. The maximum absolute atomic E-state index is 12.4. The van der Waals surface area contributed by atoms with E-state index in [0.717, 1.165) is 38.7 Å². The van der Waals surface area contributed by atoms with Crippen molar-refractivity contribution >= 4 is 17.6 Å². The van der Waals surface area contributed by atoms with Crippen LogP contribution in [0.1, 0.15) is 85.6 Å². The Morgan fingerprint density at radius 3 is 2.37 bits per heavy atom. The number of rotatable bonds is 18. The smallest absolute Gasteiger partial charge is 0.411 e. The molecule has 0 aliphatic rings. The SMILES string of the molecule is C=C(CCNN(C)O)COc1ccc(C(C)(C)c2cc(C#N)c(OCCCOC(=O)Nc3ccc(C(=O)C(C)C)c(C)c3)c(CC)c2)cc1. The van der Waals surface area contributed by atoms with Gasteiger partial charge < -0.3 is 14.2 Å². The number of hydrogen-bond acceptors (Lipinski definition) is 9. The summed E-state index contributed by atoms with van der Waals surface area (Å²) in [7, 11) is 1.51. The molecule has 0 aliphatic carbocycles. The first-order valence-electron chi connectivity index (χ1n) is 16.6. The van der Waals surface area contributed by atoms with Crippen molar-refractivity contribution in [1.29, 1.82) is 5.26 Å². The summed E-state index contributed by atoms with van der Waals surface area (Å²) in [6.07, 6.45) is 1.19. The number of nitriles is 1. The molecule has 0 saturated heterocycles. The van der Waals surface area contributed by atoms with Gasteiger partial charge in [-0.05, 0) is 84.0 Å². The number of benzene rings is 3. The lowest BCUT2D eigenvalue weighted by Gasteiger charge is -2.28. The first-order chi connectivity index (χ1) is 23.3. The third-order valence-electron chi connectivity index (χ3n) is 8.26. The fourth-order valence-corrected chi connectivity index (χ4v) is 5.23. The summed E-state index contributed by atoms with van der Waals surface area (Å²) < 4.78 is 17.3. The first kappa shape index (κ1) is 38.8. The van der Waals surface area contributed by atoms with Gasteiger partial charge in [-0.25, -0.2) is 10.2 Å². The Labute approximate surface area is 290 Å². The highest BCUT2D eigenvalue weighted by Gasteiger charge is 2.26. The van der Waals surface area contributed by atoms with Crippen molar-refractivity contribution in [3.8, 4) is 17.6 Å². The molecule has 262 valence electrons. The predicted molar refractivity (Wildman–Crippen MR) is 191 cm³/mol. The average molecular weight is 671 g/mol. The maximum Gasteiger partial charge on any atom is 0.411 e. The Morgan fingerprint density at radius 2 is 1.76 bits per heavy atom. The standard InChI is InChI=1S/C39H50N4O6/c1-9-29-22-32(39(6,7)31-11-14-34(15-12-31)49-25-27(4)17-18-41-43(8)46)23-30(24-40)37(29)47-19-10-20-48-38(45)42-33-13-16-35(28(5)21-33)36(44)26(2)3/h11-16,21-23,26,41,46H,4,9-10,17-20,25H2,1-3,5-8H3,(H,42,45). The summed E-state index contributed by atoms with van der Waals surface area (Å²) in [6.45, 7) is 17.2. The van der Waals surface area contributed by atoms with Gasteiger partial charge in [-0.2, -0.15) is 5.26 Å². The predicted octanol–water partition coefficient (Wildman–Crippen LogP) is 7.76. The van der Waals surface area contributed by atoms with Gasteiger partial charge in [0, 0.05) is 42.6 Å². The number of carbonyl (C=O) groups excluding carboxylic acids is 2. The zero-order valence-corrected chi connectivity index (χ0v) is 29.8. The minimum absolute atomic E-state index is 0.0598. The maximum atomic E-state index is 12.4. The summed E-state index contributed by atoms with van der Waals surface area (Å²) >= 11 is 0. The minimum atomic E-state index is -0.592. The second-order valence-electron chi connectivity index (χ2n) is 12.9. The molecule has 0 aliphatic heterocycles. The molecular formula is C39H50N4O6. The van der Waals surface area contributed by atoms with Crippen LogP contribution in [-0.2, 0) is 16.6 Å². The van der Waals surface area contributed by atoms with Crippen molar-refractivity contribution < 1.29 is 29.0 Å². The molecule has 10 heteroatoms. The Bertz CT molecular complexity index is 1640. The van der Waals surface area contributed by atoms with Gasteiger partial charge in [-0.15, -0.1) is 5.17 Å². The van der Waals surface area contributed by atoms with Crippen LogP contribution in [0.4, 0.5) is 10.5 Å². The van der Waals surface area contributed by atoms with Crippen LogP contribution in [0, 0.1) is 24.2 Å². The van der Waals surface area contributed by atoms with Crippen molar-refractivity contribution in [2.24, 2.45) is 5.92 Å². The lowest BCUT2D eigenvalue weighted by Crippen LogP contribution is -2.32. The summed E-state index contributed by atoms with van der Waals surface area (Å²) in [4.78, 5) is 24.7. The number of Topliss-reactive ketones (excluding diaryl/α,β-unsaturated/α-hetero) is 1. The monoisotopic (exact) mass is 670 g/mol. The number of anilines is 1. The van der Waals surface area contributed by atoms with Crippen LogP contribution in [0.15, 0.2) is 66.7 Å². The van der Waals surface area contributed by atoms with Gasteiger partial charge in [0.05, 0.1) is 18.8 Å². The molecule has 0 saturated carbocycles. The Hall–Kier alpha value is -4.69. The quantitative estimate of drug-likeness (QED) is 0.0537. The minimum Gasteiger partial charge on any atom is -0.492 e. The summed E-state index contributed by atoms with van der Waals surface area (Å²) in [5, 5.41) is 22.9. The number of hydrogen-bond donors (Lipinski definition) is 3. The van der Waals surface area contributed by atoms with E-state index in [1.165, 1.54) is 7.05 Å². The van der Waals surface area contributed by atoms with Crippen LogP contribution in [0.5, 0.6) is 11.5 Å². The molecule has 0 unspecified atom stereocenters. The second-order valence-corrected chi connectivity index (χ2v) is 12.9. The molecular weight excluding hydrogens is 620 g/mol. The van der Waals surface area contributed by atoms with Gasteiger partial charge in [0.2, 0.25) is 0 Å². The largest absolute Gasteiger partial charge is 0.492 e. The number of carbonyl (C=O) groups is 2. The highest BCUT2D eigenvalue weighted by Crippen LogP contribution is 2.37. The Kier molecular flexibility index (Phi) is 14.4. The van der Waals surface area contributed by atoms with E-state index in [1.54, 1.807) is 18.2 Å². The second kappa shape index (κ2) is 18.2. The summed E-state index contributed by atoms with van der Waals surface area (Å²) in [6, 6.07) is 19.4. The van der Waals surface area contributed by atoms with Crippen LogP contribution in [0.25, 0.3) is 0 Å². The molecule has 0 aromatic heterocycles. The van der Waals surface area contributed by atoms with E-state index < -0.39 is 11.5 Å². The van der Waals surface area contributed by atoms with E-state index in [9.17, 15) is 14.9 Å². The van der Waals surface area contributed by atoms with Gasteiger partial charge in [-0.1, -0.05) is 59.4 Å². The molecule has 0 heterocycles. The fourth-order valence-electron chi connectivity index (χ4n) is 5.23. The van der Waals surface area contributed by atoms with E-state index in [4.69, 9.17) is 19.4 Å². The number of nitrogens with one attached hydrogen (secondary N) is 2. The van der Waals surface area contributed by atoms with Gasteiger partial charge in [-0.3, -0.25) is 15.3 Å². The molecule has 0 fully saturated rings. The molecule has 3 N–H and O–H groups in total. The number of ether oxygens (including phenoxy) is 3. The lowest BCUT2D eigenvalue weighted by atomic mass is 9.77. The molecule has 3 aromatic carbocycles. The third kappa shape index (κ3) is 11.2. The number of hydroxylamine groups is 1. The molecule has 0 spiro atoms. The summed E-state index contributed by atoms with van der Waals surface area (Å²) in [5.74, 6) is 1.23. The molecule has 3 aromatic rings. The van der Waals surface area contributed by atoms with E-state index >= 15 is 0 Å². The Morgan fingerprint density at radius 1 is 1.04 bits per heavy atom. The number of aryl methyl sites for hydroxylation is 2.